The summed E-state index contributed by atoms with van der Waals surface area (Å²) < 4.78 is 4.86. The molecule has 0 atom stereocenters. The van der Waals surface area contributed by atoms with Crippen LogP contribution in [-0.2, 0) is 4.84 Å². The van der Waals surface area contributed by atoms with E-state index in [2.05, 4.69) is 0 Å². The van der Waals surface area contributed by atoms with Crippen LogP contribution < -0.4 is 4.74 Å². The van der Waals surface area contributed by atoms with E-state index in [0.717, 1.165) is 0 Å². The van der Waals surface area contributed by atoms with Crippen LogP contribution in [0.1, 0.15) is 20.7 Å². The highest BCUT2D eigenvalue weighted by molar-refractivity contribution is 6.20. The van der Waals surface area contributed by atoms with Gasteiger partial charge in [-0.25, -0.2) is 4.79 Å². The largest absolute Gasteiger partial charge is 0.539 e. The first-order valence-corrected chi connectivity index (χ1v) is 6.09. The molecule has 2 amide bonds. The topological polar surface area (TPSA) is 72.9 Å². The molecule has 0 saturated carbocycles. The van der Waals surface area contributed by atoms with Crippen LogP contribution in [-0.4, -0.2) is 23.0 Å². The lowest BCUT2D eigenvalue weighted by atomic mass is 10.1. The summed E-state index contributed by atoms with van der Waals surface area (Å²) in [4.78, 5) is 40.3. The van der Waals surface area contributed by atoms with Crippen molar-refractivity contribution in [3.05, 3.63) is 65.7 Å². The van der Waals surface area contributed by atoms with Crippen molar-refractivity contribution in [1.82, 2.24) is 5.06 Å². The van der Waals surface area contributed by atoms with Gasteiger partial charge in [-0.2, -0.15) is 0 Å². The summed E-state index contributed by atoms with van der Waals surface area (Å²) in [5, 5.41) is 0.399. The van der Waals surface area contributed by atoms with Gasteiger partial charge in [0.05, 0.1) is 11.1 Å². The number of rotatable bonds is 2. The van der Waals surface area contributed by atoms with Gasteiger partial charge in [-0.05, 0) is 24.3 Å². The third-order valence-electron chi connectivity index (χ3n) is 2.87. The molecule has 0 saturated heterocycles. The molecular weight excluding hydrogens is 274 g/mol. The van der Waals surface area contributed by atoms with E-state index in [-0.39, 0.29) is 16.9 Å². The van der Waals surface area contributed by atoms with E-state index in [4.69, 9.17) is 9.57 Å². The van der Waals surface area contributed by atoms with Crippen molar-refractivity contribution in [2.24, 2.45) is 0 Å². The van der Waals surface area contributed by atoms with Crippen LogP contribution >= 0.6 is 0 Å². The van der Waals surface area contributed by atoms with Gasteiger partial charge in [-0.15, -0.1) is 0 Å². The maximum absolute atomic E-state index is 12.0. The highest BCUT2D eigenvalue weighted by atomic mass is 16.8. The molecule has 0 aromatic heterocycles. The highest BCUT2D eigenvalue weighted by Crippen LogP contribution is 2.23. The quantitative estimate of drug-likeness (QED) is 0.481. The van der Waals surface area contributed by atoms with E-state index < -0.39 is 18.0 Å². The average Bonchev–Trinajstić information content (AvgIpc) is 2.74. The predicted molar refractivity (Wildman–Crippen MR) is 70.5 cm³/mol. The Hall–Kier alpha value is -3.15. The molecule has 21 heavy (non-hydrogen) atoms. The minimum atomic E-state index is -1.16. The van der Waals surface area contributed by atoms with Gasteiger partial charge in [-0.1, -0.05) is 35.4 Å². The van der Waals surface area contributed by atoms with Crippen molar-refractivity contribution in [3.8, 4) is 5.75 Å². The number of amides is 2. The summed E-state index contributed by atoms with van der Waals surface area (Å²) in [6.07, 6.45) is -1.16. The number of hydrogen-bond acceptors (Lipinski definition) is 5. The van der Waals surface area contributed by atoms with Gasteiger partial charge in [0.2, 0.25) is 0 Å². The molecule has 1 heterocycles. The molecule has 0 N–H and O–H groups in total. The van der Waals surface area contributed by atoms with Crippen molar-refractivity contribution in [3.63, 3.8) is 0 Å². The minimum absolute atomic E-state index is 0.190. The number of fused-ring (bicyclic) bond motifs is 1. The first-order valence-electron chi connectivity index (χ1n) is 6.09. The number of hydrogen-bond donors (Lipinski definition) is 0. The molecule has 3 rings (SSSR count). The zero-order chi connectivity index (χ0) is 14.8. The molecule has 2 aromatic rings. The monoisotopic (exact) mass is 283 g/mol. The van der Waals surface area contributed by atoms with Crippen molar-refractivity contribution in [1.29, 1.82) is 0 Å². The molecule has 0 fully saturated rings. The SMILES string of the molecule is O=C(Oc1ccccc1)ON1C(=O)c2ccccc2C1=O. The Morgan fingerprint density at radius 2 is 1.33 bits per heavy atom. The Bertz CT molecular complexity index is 691. The highest BCUT2D eigenvalue weighted by Gasteiger charge is 2.39. The van der Waals surface area contributed by atoms with Crippen LogP contribution in [0.15, 0.2) is 54.6 Å². The first kappa shape index (κ1) is 12.9. The van der Waals surface area contributed by atoms with Crippen molar-refractivity contribution in [2.45, 2.75) is 0 Å². The number of carbonyl (C=O) groups is 3. The van der Waals surface area contributed by atoms with E-state index in [0.29, 0.717) is 5.06 Å². The second-order valence-electron chi connectivity index (χ2n) is 4.21. The van der Waals surface area contributed by atoms with Crippen LogP contribution in [0.3, 0.4) is 0 Å². The zero-order valence-corrected chi connectivity index (χ0v) is 10.7. The molecule has 0 unspecified atom stereocenters. The molecule has 0 spiro atoms. The van der Waals surface area contributed by atoms with Gasteiger partial charge in [-0.3, -0.25) is 14.4 Å². The lowest BCUT2D eigenvalue weighted by Gasteiger charge is -2.12. The van der Waals surface area contributed by atoms with Crippen molar-refractivity contribution < 1.29 is 24.0 Å². The molecule has 2 aromatic carbocycles. The predicted octanol–water partition coefficient (Wildman–Crippen LogP) is 2.41. The van der Waals surface area contributed by atoms with Crippen molar-refractivity contribution >= 4 is 18.0 Å². The number of nitrogens with zero attached hydrogens (tertiary/aromatic N) is 1. The molecule has 6 heteroatoms. The Kier molecular flexibility index (Phi) is 3.12. The van der Waals surface area contributed by atoms with Gasteiger partial charge in [0.25, 0.3) is 11.8 Å². The smallest absolute Gasteiger partial charge is 0.393 e. The van der Waals surface area contributed by atoms with E-state index in [1.54, 1.807) is 42.5 Å². The summed E-state index contributed by atoms with van der Waals surface area (Å²) in [6, 6.07) is 14.4. The summed E-state index contributed by atoms with van der Waals surface area (Å²) >= 11 is 0. The van der Waals surface area contributed by atoms with Gasteiger partial charge in [0.1, 0.15) is 5.75 Å². The standard InChI is InChI=1S/C15H9NO5/c17-13-11-8-4-5-9-12(11)14(18)16(13)21-15(19)20-10-6-2-1-3-7-10/h1-9H. The number of hydroxylamine groups is 2. The Labute approximate surface area is 119 Å². The maximum Gasteiger partial charge on any atom is 0.539 e. The molecule has 6 nitrogen and oxygen atoms in total. The number of para-hydroxylation sites is 1. The average molecular weight is 283 g/mol. The molecule has 1 aliphatic heterocycles. The maximum atomic E-state index is 12.0. The van der Waals surface area contributed by atoms with E-state index in [1.165, 1.54) is 12.1 Å². The van der Waals surface area contributed by atoms with E-state index >= 15 is 0 Å². The molecular formula is C15H9NO5. The molecule has 0 aliphatic carbocycles. The minimum Gasteiger partial charge on any atom is -0.393 e. The Morgan fingerprint density at radius 1 is 0.810 bits per heavy atom. The van der Waals surface area contributed by atoms with Gasteiger partial charge >= 0.3 is 6.16 Å². The fraction of sp³-hybridized carbons (Fsp3) is 0. The first-order chi connectivity index (χ1) is 10.2. The summed E-state index contributed by atoms with van der Waals surface area (Å²) in [5.74, 6) is -1.14. The fourth-order valence-electron chi connectivity index (χ4n) is 1.93. The summed E-state index contributed by atoms with van der Waals surface area (Å²) in [6.45, 7) is 0. The van der Waals surface area contributed by atoms with E-state index in [9.17, 15) is 14.4 Å². The fourth-order valence-corrected chi connectivity index (χ4v) is 1.93. The number of ether oxygens (including phenoxy) is 1. The Morgan fingerprint density at radius 3 is 1.90 bits per heavy atom. The van der Waals surface area contributed by atoms with Crippen LogP contribution in [0, 0.1) is 0 Å². The van der Waals surface area contributed by atoms with Gasteiger partial charge < -0.3 is 4.74 Å². The molecule has 1 aliphatic rings. The van der Waals surface area contributed by atoms with Crippen LogP contribution in [0.2, 0.25) is 0 Å². The molecule has 104 valence electrons. The normalized spacial score (nSPS) is 13.0. The lowest BCUT2D eigenvalue weighted by molar-refractivity contribution is -0.0605. The molecule has 0 radical (unpaired) electrons. The van der Waals surface area contributed by atoms with Gasteiger partial charge in [0, 0.05) is 0 Å². The lowest BCUT2D eigenvalue weighted by Crippen LogP contribution is -2.33. The van der Waals surface area contributed by atoms with Crippen LogP contribution in [0.25, 0.3) is 0 Å². The number of imide groups is 1. The number of benzene rings is 2. The van der Waals surface area contributed by atoms with Gasteiger partial charge in [0.15, 0.2) is 0 Å². The van der Waals surface area contributed by atoms with Crippen molar-refractivity contribution in [2.75, 3.05) is 0 Å². The Balaban J connectivity index is 1.73. The summed E-state index contributed by atoms with van der Waals surface area (Å²) in [7, 11) is 0. The summed E-state index contributed by atoms with van der Waals surface area (Å²) in [5.41, 5.74) is 0.380. The number of carbonyl (C=O) groups excluding carboxylic acids is 3. The molecule has 0 bridgehead atoms. The van der Waals surface area contributed by atoms with E-state index in [1.807, 2.05) is 0 Å². The second-order valence-corrected chi connectivity index (χ2v) is 4.21. The zero-order valence-electron chi connectivity index (χ0n) is 10.7. The third kappa shape index (κ3) is 2.34. The van der Waals surface area contributed by atoms with Crippen LogP contribution in [0.4, 0.5) is 4.79 Å². The third-order valence-corrected chi connectivity index (χ3v) is 2.87. The van der Waals surface area contributed by atoms with Crippen LogP contribution in [0.5, 0.6) is 5.75 Å². The second kappa shape index (κ2) is 5.09.